The van der Waals surface area contributed by atoms with Crippen LogP contribution in [-0.4, -0.2) is 30.4 Å². The molecule has 0 fully saturated rings. The van der Waals surface area contributed by atoms with E-state index in [1.54, 1.807) is 25.1 Å². The number of nitrogens with two attached hydrogens (primary N) is 1. The van der Waals surface area contributed by atoms with Gasteiger partial charge in [0.2, 0.25) is 0 Å². The second-order valence-corrected chi connectivity index (χ2v) is 5.48. The summed E-state index contributed by atoms with van der Waals surface area (Å²) in [5.41, 5.74) is 6.15. The van der Waals surface area contributed by atoms with Crippen LogP contribution in [0.2, 0.25) is 0 Å². The number of carbonyl (C=O) groups is 2. The highest BCUT2D eigenvalue weighted by Crippen LogP contribution is 2.29. The number of carbonyl (C=O) groups excluding carboxylic acids is 2. The van der Waals surface area contributed by atoms with E-state index in [2.05, 4.69) is 10.3 Å². The molecule has 0 radical (unpaired) electrons. The number of rotatable bonds is 3. The minimum atomic E-state index is -0.870. The Morgan fingerprint density at radius 1 is 1.43 bits per heavy atom. The molecule has 1 aromatic carbocycles. The summed E-state index contributed by atoms with van der Waals surface area (Å²) in [6.45, 7) is 5.60. The lowest BCUT2D eigenvalue weighted by Crippen LogP contribution is -2.41. The molecule has 1 unspecified atom stereocenters. The first kappa shape index (κ1) is 15.0. The van der Waals surface area contributed by atoms with E-state index < -0.39 is 11.5 Å². The molecule has 0 bridgehead atoms. The van der Waals surface area contributed by atoms with Gasteiger partial charge in [-0.25, -0.2) is 4.79 Å². The molecule has 2 rings (SSSR count). The van der Waals surface area contributed by atoms with Gasteiger partial charge in [-0.1, -0.05) is 19.9 Å². The summed E-state index contributed by atoms with van der Waals surface area (Å²) in [5, 5.41) is 2.73. The predicted octanol–water partition coefficient (Wildman–Crippen LogP) is 1.35. The van der Waals surface area contributed by atoms with E-state index in [0.717, 1.165) is 0 Å². The summed E-state index contributed by atoms with van der Waals surface area (Å²) in [7, 11) is 1.29. The monoisotopic (exact) mass is 289 g/mol. The molecule has 21 heavy (non-hydrogen) atoms. The number of nitrogen functional groups attached to an aromatic ring is 1. The first-order valence-electron chi connectivity index (χ1n) is 6.69. The average Bonchev–Trinajstić information content (AvgIpc) is 2.74. The third-order valence-corrected chi connectivity index (χ3v) is 3.90. The number of anilines is 1. The number of amides is 1. The Kier molecular flexibility index (Phi) is 3.72. The Bertz CT molecular complexity index is 637. The number of benzene rings is 1. The van der Waals surface area contributed by atoms with E-state index in [-0.39, 0.29) is 17.4 Å². The molecule has 0 spiro atoms. The van der Waals surface area contributed by atoms with Crippen molar-refractivity contribution >= 4 is 23.4 Å². The zero-order valence-corrected chi connectivity index (χ0v) is 12.6. The lowest BCUT2D eigenvalue weighted by atomic mass is 9.89. The van der Waals surface area contributed by atoms with Gasteiger partial charge in [-0.15, -0.1) is 0 Å². The first-order valence-corrected chi connectivity index (χ1v) is 6.69. The minimum absolute atomic E-state index is 0.0153. The summed E-state index contributed by atoms with van der Waals surface area (Å²) >= 11 is 0. The zero-order valence-electron chi connectivity index (χ0n) is 12.6. The van der Waals surface area contributed by atoms with E-state index in [0.29, 0.717) is 17.1 Å². The smallest absolute Gasteiger partial charge is 0.338 e. The quantitative estimate of drug-likeness (QED) is 0.648. The number of hydrogen-bond donors (Lipinski definition) is 2. The molecular formula is C15H19N3O3. The van der Waals surface area contributed by atoms with Crippen LogP contribution < -0.4 is 11.1 Å². The van der Waals surface area contributed by atoms with Gasteiger partial charge in [-0.3, -0.25) is 9.79 Å². The zero-order chi connectivity index (χ0) is 15.8. The summed E-state index contributed by atoms with van der Waals surface area (Å²) in [4.78, 5) is 28.6. The van der Waals surface area contributed by atoms with Crippen LogP contribution in [0.3, 0.4) is 0 Å². The SMILES string of the molecule is COC(=O)c1cccc(N)c1C1=NC(C)(C(C)C)C(=O)N1. The number of nitrogens with one attached hydrogen (secondary N) is 1. The van der Waals surface area contributed by atoms with Crippen molar-refractivity contribution in [2.45, 2.75) is 26.3 Å². The third-order valence-electron chi connectivity index (χ3n) is 3.90. The topological polar surface area (TPSA) is 93.8 Å². The number of aliphatic imine (C=N–C) groups is 1. The van der Waals surface area contributed by atoms with Crippen molar-refractivity contribution < 1.29 is 14.3 Å². The van der Waals surface area contributed by atoms with Crippen molar-refractivity contribution in [3.05, 3.63) is 29.3 Å². The second-order valence-electron chi connectivity index (χ2n) is 5.48. The van der Waals surface area contributed by atoms with Gasteiger partial charge in [0.15, 0.2) is 0 Å². The van der Waals surface area contributed by atoms with Crippen LogP contribution in [0, 0.1) is 5.92 Å². The lowest BCUT2D eigenvalue weighted by molar-refractivity contribution is -0.124. The van der Waals surface area contributed by atoms with Gasteiger partial charge >= 0.3 is 5.97 Å². The minimum Gasteiger partial charge on any atom is -0.465 e. The molecular weight excluding hydrogens is 270 g/mol. The van der Waals surface area contributed by atoms with Crippen LogP contribution in [0.15, 0.2) is 23.2 Å². The molecule has 6 nitrogen and oxygen atoms in total. The molecule has 0 aliphatic carbocycles. The largest absolute Gasteiger partial charge is 0.465 e. The molecule has 6 heteroatoms. The lowest BCUT2D eigenvalue weighted by Gasteiger charge is -2.21. The fourth-order valence-electron chi connectivity index (χ4n) is 2.17. The van der Waals surface area contributed by atoms with Gasteiger partial charge in [0, 0.05) is 5.69 Å². The average molecular weight is 289 g/mol. The van der Waals surface area contributed by atoms with Crippen LogP contribution in [0.1, 0.15) is 36.7 Å². The molecule has 1 aliphatic heterocycles. The molecule has 0 saturated heterocycles. The Morgan fingerprint density at radius 2 is 2.10 bits per heavy atom. The Morgan fingerprint density at radius 3 is 2.62 bits per heavy atom. The molecule has 1 heterocycles. The van der Waals surface area contributed by atoms with Crippen molar-refractivity contribution in [2.75, 3.05) is 12.8 Å². The van der Waals surface area contributed by atoms with Crippen LogP contribution in [-0.2, 0) is 9.53 Å². The van der Waals surface area contributed by atoms with Crippen LogP contribution in [0.25, 0.3) is 0 Å². The highest BCUT2D eigenvalue weighted by Gasteiger charge is 2.43. The van der Waals surface area contributed by atoms with Gasteiger partial charge in [0.1, 0.15) is 11.4 Å². The fraction of sp³-hybridized carbons (Fsp3) is 0.400. The van der Waals surface area contributed by atoms with E-state index in [1.807, 2.05) is 13.8 Å². The molecule has 1 atom stereocenters. The van der Waals surface area contributed by atoms with Crippen LogP contribution >= 0.6 is 0 Å². The van der Waals surface area contributed by atoms with Crippen LogP contribution in [0.5, 0.6) is 0 Å². The Balaban J connectivity index is 2.59. The summed E-state index contributed by atoms with van der Waals surface area (Å²) in [5.74, 6) is -0.393. The Hall–Kier alpha value is -2.37. The maximum Gasteiger partial charge on any atom is 0.338 e. The highest BCUT2D eigenvalue weighted by molar-refractivity contribution is 6.20. The van der Waals surface area contributed by atoms with E-state index in [1.165, 1.54) is 7.11 Å². The van der Waals surface area contributed by atoms with Crippen LogP contribution in [0.4, 0.5) is 5.69 Å². The number of nitrogens with zero attached hydrogens (tertiary/aromatic N) is 1. The normalized spacial score (nSPS) is 21.2. The number of amidine groups is 1. The van der Waals surface area contributed by atoms with Gasteiger partial charge in [-0.2, -0.15) is 0 Å². The molecule has 112 valence electrons. The maximum atomic E-state index is 12.2. The van der Waals surface area contributed by atoms with Crippen molar-refractivity contribution in [1.29, 1.82) is 0 Å². The van der Waals surface area contributed by atoms with Crippen molar-refractivity contribution in [1.82, 2.24) is 5.32 Å². The first-order chi connectivity index (χ1) is 9.81. The van der Waals surface area contributed by atoms with Crippen molar-refractivity contribution in [3.63, 3.8) is 0 Å². The predicted molar refractivity (Wildman–Crippen MR) is 80.1 cm³/mol. The summed E-state index contributed by atoms with van der Waals surface area (Å²) in [6, 6.07) is 4.91. The molecule has 1 aliphatic rings. The second kappa shape index (κ2) is 5.20. The number of esters is 1. The van der Waals surface area contributed by atoms with Gasteiger partial charge in [0.05, 0.1) is 18.2 Å². The van der Waals surface area contributed by atoms with E-state index in [9.17, 15) is 9.59 Å². The Labute approximate surface area is 123 Å². The molecule has 1 aromatic rings. The fourth-order valence-corrected chi connectivity index (χ4v) is 2.17. The molecule has 0 saturated carbocycles. The molecule has 1 amide bonds. The van der Waals surface area contributed by atoms with Crippen molar-refractivity contribution in [3.8, 4) is 0 Å². The number of ether oxygens (including phenoxy) is 1. The van der Waals surface area contributed by atoms with Gasteiger partial charge in [0.25, 0.3) is 5.91 Å². The number of methoxy groups -OCH3 is 1. The maximum absolute atomic E-state index is 12.2. The van der Waals surface area contributed by atoms with Crippen molar-refractivity contribution in [2.24, 2.45) is 10.9 Å². The van der Waals surface area contributed by atoms with E-state index >= 15 is 0 Å². The van der Waals surface area contributed by atoms with Gasteiger partial charge in [-0.05, 0) is 25.0 Å². The summed E-state index contributed by atoms with van der Waals surface area (Å²) in [6.07, 6.45) is 0. The molecule has 3 N–H and O–H groups in total. The highest BCUT2D eigenvalue weighted by atomic mass is 16.5. The van der Waals surface area contributed by atoms with Gasteiger partial charge < -0.3 is 15.8 Å². The molecule has 0 aromatic heterocycles. The van der Waals surface area contributed by atoms with E-state index in [4.69, 9.17) is 10.5 Å². The third kappa shape index (κ3) is 2.37. The number of hydrogen-bond acceptors (Lipinski definition) is 5. The standard InChI is InChI=1S/C15H19N3O3/c1-8(2)15(3)14(20)17-12(18-15)11-9(13(19)21-4)6-5-7-10(11)16/h5-8H,16H2,1-4H3,(H,17,18,20). The summed E-state index contributed by atoms with van der Waals surface area (Å²) < 4.78 is 4.76.